The summed E-state index contributed by atoms with van der Waals surface area (Å²) in [6.07, 6.45) is 5.55. The van der Waals surface area contributed by atoms with E-state index in [1.807, 2.05) is 6.08 Å². The molecule has 0 radical (unpaired) electrons. The maximum absolute atomic E-state index is 5.44. The molecule has 0 aromatic heterocycles. The van der Waals surface area contributed by atoms with E-state index in [-0.39, 0.29) is 5.54 Å². The Bertz CT molecular complexity index is 81.1. The number of hydrogen-bond acceptors (Lipinski definition) is 0. The summed E-state index contributed by atoms with van der Waals surface area (Å²) in [5.41, 5.74) is -0.332. The summed E-state index contributed by atoms with van der Waals surface area (Å²) in [4.78, 5) is 0. The maximum atomic E-state index is 5.44. The molecular weight excluding hydrogens is 154 g/mol. The Morgan fingerprint density at radius 2 is 2.11 bits per heavy atom. The normalized spacial score (nSPS) is 10.6. The van der Waals surface area contributed by atoms with E-state index in [4.69, 9.17) is 22.9 Å². The molecule has 0 saturated heterocycles. The lowest BCUT2D eigenvalue weighted by Crippen LogP contribution is -1.82. The fourth-order valence-electron chi connectivity index (χ4n) is 0.521. The molecule has 0 amide bonds. The summed E-state index contributed by atoms with van der Waals surface area (Å²) in [6.45, 7) is 2.16. The molecule has 0 spiro atoms. The van der Waals surface area contributed by atoms with Gasteiger partial charge in [-0.3, -0.25) is 0 Å². The van der Waals surface area contributed by atoms with Crippen molar-refractivity contribution in [2.24, 2.45) is 0 Å². The first kappa shape index (κ1) is 9.38. The van der Waals surface area contributed by atoms with Crippen LogP contribution in [0, 0.1) is 0 Å². The number of unbranched alkanes of at least 4 members (excludes halogenated alkanes) is 2. The van der Waals surface area contributed by atoms with Gasteiger partial charge in [0.15, 0.2) is 0 Å². The lowest BCUT2D eigenvalue weighted by Gasteiger charge is -1.87. The zero-order valence-electron chi connectivity index (χ0n) is 5.61. The Balaban J connectivity index is 3.04. The van der Waals surface area contributed by atoms with E-state index in [0.717, 1.165) is 6.42 Å². The minimum atomic E-state index is -0.332. The highest BCUT2D eigenvalue weighted by Crippen LogP contribution is 2.00. The highest BCUT2D eigenvalue weighted by molar-refractivity contribution is 7.36. The largest absolute Gasteiger partial charge is 0.375 e. The highest BCUT2D eigenvalue weighted by atomic mass is 35.5. The second-order valence-electron chi connectivity index (χ2n) is 1.90. The molecule has 0 aromatic rings. The van der Waals surface area contributed by atoms with Crippen molar-refractivity contribution in [2.75, 3.05) is 0 Å². The lowest BCUT2D eigenvalue weighted by molar-refractivity contribution is 0.815. The molecule has 0 aromatic carbocycles. The molecule has 0 heterocycles. The first-order valence-electron chi connectivity index (χ1n) is 3.22. The van der Waals surface area contributed by atoms with Crippen molar-refractivity contribution in [1.29, 1.82) is 0 Å². The van der Waals surface area contributed by atoms with E-state index in [1.54, 1.807) is 5.98 Å². The molecule has 9 heavy (non-hydrogen) atoms. The second-order valence-corrected chi connectivity index (χ2v) is 3.07. The average molecular weight is 165 g/mol. The van der Waals surface area contributed by atoms with Gasteiger partial charge in [-0.1, -0.05) is 31.8 Å². The Morgan fingerprint density at radius 3 is 2.56 bits per heavy atom. The summed E-state index contributed by atoms with van der Waals surface area (Å²) >= 11 is 10.9. The third-order valence-corrected chi connectivity index (χ3v) is 1.30. The van der Waals surface area contributed by atoms with E-state index in [1.165, 1.54) is 12.8 Å². The van der Waals surface area contributed by atoms with Gasteiger partial charge in [0.05, 0.1) is 0 Å². The van der Waals surface area contributed by atoms with Crippen LogP contribution < -0.4 is 0 Å². The first-order valence-corrected chi connectivity index (χ1v) is 4.09. The summed E-state index contributed by atoms with van der Waals surface area (Å²) in [5, 5.41) is 0. The molecule has 0 aliphatic carbocycles. The molecule has 0 nitrogen and oxygen atoms in total. The fraction of sp³-hybridized carbons (Fsp3) is 0.667. The summed E-state index contributed by atoms with van der Waals surface area (Å²) < 4.78 is 0. The molecular formula is C6H11BCl2. The quantitative estimate of drug-likeness (QED) is 0.442. The van der Waals surface area contributed by atoms with Crippen LogP contribution >= 0.6 is 22.9 Å². The van der Waals surface area contributed by atoms with Gasteiger partial charge in [-0.25, -0.2) is 0 Å². The van der Waals surface area contributed by atoms with Crippen LogP contribution in [0.3, 0.4) is 0 Å². The van der Waals surface area contributed by atoms with Crippen molar-refractivity contribution in [1.82, 2.24) is 0 Å². The fourth-order valence-corrected chi connectivity index (χ4v) is 0.727. The molecule has 52 valence electrons. The molecule has 0 saturated carbocycles. The van der Waals surface area contributed by atoms with E-state index < -0.39 is 0 Å². The predicted octanol–water partition coefficient (Wildman–Crippen LogP) is 3.24. The van der Waals surface area contributed by atoms with Crippen LogP contribution in [-0.2, 0) is 0 Å². The van der Waals surface area contributed by atoms with E-state index in [2.05, 4.69) is 6.92 Å². The summed E-state index contributed by atoms with van der Waals surface area (Å²) in [7, 11) is 0. The van der Waals surface area contributed by atoms with Gasteiger partial charge in [0.25, 0.3) is 0 Å². The van der Waals surface area contributed by atoms with Crippen molar-refractivity contribution in [3.05, 3.63) is 12.1 Å². The first-order chi connectivity index (χ1) is 4.27. The van der Waals surface area contributed by atoms with Crippen molar-refractivity contribution < 1.29 is 0 Å². The van der Waals surface area contributed by atoms with Crippen molar-refractivity contribution in [3.63, 3.8) is 0 Å². The zero-order valence-corrected chi connectivity index (χ0v) is 7.12. The van der Waals surface area contributed by atoms with Crippen molar-refractivity contribution in [3.8, 4) is 0 Å². The van der Waals surface area contributed by atoms with Gasteiger partial charge < -0.3 is 0 Å². The van der Waals surface area contributed by atoms with Crippen LogP contribution in [0.5, 0.6) is 0 Å². The number of rotatable bonds is 4. The highest BCUT2D eigenvalue weighted by Gasteiger charge is 1.95. The molecule has 0 N–H and O–H groups in total. The minimum absolute atomic E-state index is 0.332. The smallest absolute Gasteiger partial charge is 0.165 e. The molecule has 0 bridgehead atoms. The lowest BCUT2D eigenvalue weighted by atomic mass is 10.1. The van der Waals surface area contributed by atoms with Crippen molar-refractivity contribution in [2.45, 2.75) is 26.2 Å². The van der Waals surface area contributed by atoms with Crippen LogP contribution in [0.25, 0.3) is 0 Å². The van der Waals surface area contributed by atoms with Crippen LogP contribution in [0.15, 0.2) is 12.1 Å². The van der Waals surface area contributed by atoms with Gasteiger partial charge in [-0.05, 0) is 6.42 Å². The average Bonchev–Trinajstić information content (AvgIpc) is 1.80. The van der Waals surface area contributed by atoms with Crippen LogP contribution in [0.4, 0.5) is 0 Å². The van der Waals surface area contributed by atoms with Crippen LogP contribution in [0.2, 0.25) is 0 Å². The maximum Gasteiger partial charge on any atom is 0.375 e. The van der Waals surface area contributed by atoms with Gasteiger partial charge in [0.2, 0.25) is 0 Å². The van der Waals surface area contributed by atoms with Crippen molar-refractivity contribution >= 4 is 28.5 Å². The standard InChI is InChI=1S/C6H11BCl2/c1-2-3-4-5-6-7(8)9/h5-6H,2-4H2,1H3/b6-5-. The zero-order chi connectivity index (χ0) is 7.11. The SMILES string of the molecule is CCCC/C=C\B(Cl)Cl. The van der Waals surface area contributed by atoms with Gasteiger partial charge >= 0.3 is 5.54 Å². The predicted molar refractivity (Wildman–Crippen MR) is 46.1 cm³/mol. The summed E-state index contributed by atoms with van der Waals surface area (Å²) in [5.74, 6) is 1.80. The van der Waals surface area contributed by atoms with E-state index in [9.17, 15) is 0 Å². The molecule has 0 fully saturated rings. The van der Waals surface area contributed by atoms with E-state index in [0.29, 0.717) is 0 Å². The van der Waals surface area contributed by atoms with Gasteiger partial charge in [-0.2, -0.15) is 22.9 Å². The topological polar surface area (TPSA) is 0 Å². The summed E-state index contributed by atoms with van der Waals surface area (Å²) in [6, 6.07) is 0. The molecule has 0 rings (SSSR count). The molecule has 0 aliphatic rings. The Kier molecular flexibility index (Phi) is 6.78. The number of halogens is 2. The third-order valence-electron chi connectivity index (χ3n) is 1.01. The van der Waals surface area contributed by atoms with Gasteiger partial charge in [0.1, 0.15) is 0 Å². The third kappa shape index (κ3) is 8.38. The Morgan fingerprint density at radius 1 is 1.44 bits per heavy atom. The molecule has 0 atom stereocenters. The monoisotopic (exact) mass is 164 g/mol. The number of hydrogen-bond donors (Lipinski definition) is 0. The van der Waals surface area contributed by atoms with Gasteiger partial charge in [0, 0.05) is 0 Å². The number of allylic oxidation sites excluding steroid dienone is 1. The Hall–Kier alpha value is 0.385. The minimum Gasteiger partial charge on any atom is -0.165 e. The molecule has 0 aliphatic heterocycles. The Labute approximate surface area is 67.1 Å². The molecule has 0 unspecified atom stereocenters. The van der Waals surface area contributed by atoms with E-state index >= 15 is 0 Å². The van der Waals surface area contributed by atoms with Gasteiger partial charge in [-0.15, -0.1) is 0 Å². The second kappa shape index (κ2) is 6.50. The molecule has 3 heteroatoms. The van der Waals surface area contributed by atoms with Crippen LogP contribution in [-0.4, -0.2) is 5.54 Å². The van der Waals surface area contributed by atoms with Crippen LogP contribution in [0.1, 0.15) is 26.2 Å².